The Morgan fingerprint density at radius 2 is 0.731 bits per heavy atom. The zero-order valence-electron chi connectivity index (χ0n) is 34.3. The van der Waals surface area contributed by atoms with Crippen LogP contribution in [-0.4, -0.2) is 37.2 Å². The molecule has 0 aliphatic rings. The second kappa shape index (κ2) is 41.4. The van der Waals surface area contributed by atoms with E-state index < -0.39 is 6.10 Å². The van der Waals surface area contributed by atoms with Crippen molar-refractivity contribution in [3.05, 3.63) is 36.5 Å². The molecule has 302 valence electrons. The number of allylic oxidation sites excluding steroid dienone is 6. The van der Waals surface area contributed by atoms with Gasteiger partial charge in [-0.3, -0.25) is 14.4 Å². The minimum Gasteiger partial charge on any atom is -0.462 e. The Hall–Kier alpha value is -2.37. The molecule has 0 saturated heterocycles. The van der Waals surface area contributed by atoms with Crippen LogP contribution in [0.25, 0.3) is 0 Å². The van der Waals surface area contributed by atoms with Gasteiger partial charge in [0.25, 0.3) is 0 Å². The summed E-state index contributed by atoms with van der Waals surface area (Å²) in [7, 11) is 0. The summed E-state index contributed by atoms with van der Waals surface area (Å²) in [5.41, 5.74) is 0. The van der Waals surface area contributed by atoms with Crippen molar-refractivity contribution >= 4 is 17.9 Å². The minimum absolute atomic E-state index is 0.0895. The summed E-state index contributed by atoms with van der Waals surface area (Å²) < 4.78 is 16.6. The van der Waals surface area contributed by atoms with Gasteiger partial charge in [-0.15, -0.1) is 0 Å². The van der Waals surface area contributed by atoms with E-state index in [1.54, 1.807) is 0 Å². The van der Waals surface area contributed by atoms with Gasteiger partial charge in [-0.2, -0.15) is 0 Å². The van der Waals surface area contributed by atoms with Gasteiger partial charge in [0.2, 0.25) is 0 Å². The molecule has 0 saturated carbocycles. The molecule has 0 fully saturated rings. The highest BCUT2D eigenvalue weighted by molar-refractivity contribution is 5.71. The van der Waals surface area contributed by atoms with Crippen molar-refractivity contribution in [2.75, 3.05) is 13.2 Å². The van der Waals surface area contributed by atoms with Crippen LogP contribution >= 0.6 is 0 Å². The lowest BCUT2D eigenvalue weighted by Crippen LogP contribution is -2.30. The van der Waals surface area contributed by atoms with Crippen LogP contribution in [-0.2, 0) is 28.6 Å². The van der Waals surface area contributed by atoms with Crippen molar-refractivity contribution in [2.45, 2.75) is 226 Å². The van der Waals surface area contributed by atoms with Crippen LogP contribution in [0.4, 0.5) is 0 Å². The number of carbonyl (C=O) groups excluding carboxylic acids is 3. The van der Waals surface area contributed by atoms with Gasteiger partial charge in [-0.05, 0) is 57.8 Å². The molecule has 0 radical (unpaired) electrons. The molecule has 0 aromatic rings. The third-order valence-corrected chi connectivity index (χ3v) is 9.40. The maximum absolute atomic E-state index is 12.6. The largest absolute Gasteiger partial charge is 0.462 e. The normalized spacial score (nSPS) is 12.3. The second-order valence-corrected chi connectivity index (χ2v) is 14.6. The second-order valence-electron chi connectivity index (χ2n) is 14.6. The molecule has 0 spiro atoms. The molecule has 0 aromatic carbocycles. The minimum atomic E-state index is -0.790. The molecule has 0 aromatic heterocycles. The Balaban J connectivity index is 4.39. The fourth-order valence-corrected chi connectivity index (χ4v) is 6.01. The van der Waals surface area contributed by atoms with Crippen LogP contribution in [0.15, 0.2) is 36.5 Å². The molecule has 52 heavy (non-hydrogen) atoms. The maximum atomic E-state index is 12.6. The lowest BCUT2D eigenvalue weighted by molar-refractivity contribution is -0.167. The SMILES string of the molecule is CCCC/C=C\C=C/CCCCCC(=O)OC(COC(=O)CCC/C=C\CCCCCC)COC(=O)CCCCCCCCCCCCCCCC. The van der Waals surface area contributed by atoms with Crippen LogP contribution in [0.5, 0.6) is 0 Å². The summed E-state index contributed by atoms with van der Waals surface area (Å²) >= 11 is 0. The Morgan fingerprint density at radius 3 is 1.23 bits per heavy atom. The Morgan fingerprint density at radius 1 is 0.385 bits per heavy atom. The number of unbranched alkanes of at least 4 members (excludes halogenated alkanes) is 23. The number of hydrogen-bond donors (Lipinski definition) is 0. The molecule has 0 rings (SSSR count). The zero-order valence-corrected chi connectivity index (χ0v) is 34.3. The highest BCUT2D eigenvalue weighted by Gasteiger charge is 2.19. The summed E-state index contributed by atoms with van der Waals surface area (Å²) in [5.74, 6) is -0.956. The fraction of sp³-hybridized carbons (Fsp3) is 0.804. The molecule has 0 bridgehead atoms. The summed E-state index contributed by atoms with van der Waals surface area (Å²) in [4.78, 5) is 37.6. The predicted octanol–water partition coefficient (Wildman–Crippen LogP) is 13.8. The standard InChI is InChI=1S/C46H82O6/c1-4-7-10-13-16-19-21-22-23-25-27-30-33-36-39-45(48)51-42-43(41-50-44(47)38-35-32-29-26-18-15-12-9-6-3)52-46(49)40-37-34-31-28-24-20-17-14-11-8-5-2/h14,17,20,24,26,29,43H,4-13,15-16,18-19,21-23,25,27-28,30-42H2,1-3H3/b17-14-,24-20-,29-26-. The molecule has 0 N–H and O–H groups in total. The maximum Gasteiger partial charge on any atom is 0.306 e. The van der Waals surface area contributed by atoms with Gasteiger partial charge in [-0.25, -0.2) is 0 Å². The first kappa shape index (κ1) is 49.6. The number of esters is 3. The number of carbonyl (C=O) groups is 3. The zero-order chi connectivity index (χ0) is 38.0. The van der Waals surface area contributed by atoms with E-state index >= 15 is 0 Å². The third kappa shape index (κ3) is 38.9. The number of rotatable bonds is 39. The smallest absolute Gasteiger partial charge is 0.306 e. The van der Waals surface area contributed by atoms with Gasteiger partial charge in [0.15, 0.2) is 6.10 Å². The van der Waals surface area contributed by atoms with Crippen LogP contribution in [0.1, 0.15) is 220 Å². The fourth-order valence-electron chi connectivity index (χ4n) is 6.01. The van der Waals surface area contributed by atoms with E-state index in [4.69, 9.17) is 14.2 Å². The van der Waals surface area contributed by atoms with Gasteiger partial charge < -0.3 is 14.2 Å². The van der Waals surface area contributed by atoms with E-state index in [1.807, 2.05) is 0 Å². The summed E-state index contributed by atoms with van der Waals surface area (Å²) in [6.07, 6.45) is 45.7. The van der Waals surface area contributed by atoms with Crippen LogP contribution in [0, 0.1) is 0 Å². The molecule has 0 aliphatic heterocycles. The number of ether oxygens (including phenoxy) is 3. The third-order valence-electron chi connectivity index (χ3n) is 9.40. The monoisotopic (exact) mass is 731 g/mol. The topological polar surface area (TPSA) is 78.9 Å². The summed E-state index contributed by atoms with van der Waals surface area (Å²) in [6.45, 7) is 6.49. The average Bonchev–Trinajstić information content (AvgIpc) is 3.14. The molecular formula is C46H82O6. The van der Waals surface area contributed by atoms with E-state index in [2.05, 4.69) is 57.2 Å². The first-order chi connectivity index (χ1) is 25.5. The number of hydrogen-bond acceptors (Lipinski definition) is 6. The Labute approximate surface area is 321 Å². The van der Waals surface area contributed by atoms with Gasteiger partial charge >= 0.3 is 17.9 Å². The lowest BCUT2D eigenvalue weighted by Gasteiger charge is -2.18. The van der Waals surface area contributed by atoms with E-state index in [-0.39, 0.29) is 31.1 Å². The van der Waals surface area contributed by atoms with Gasteiger partial charge in [0, 0.05) is 19.3 Å². The van der Waals surface area contributed by atoms with Crippen molar-refractivity contribution in [3.8, 4) is 0 Å². The molecule has 0 heterocycles. The van der Waals surface area contributed by atoms with E-state index in [0.29, 0.717) is 25.7 Å². The molecular weight excluding hydrogens is 648 g/mol. The summed E-state index contributed by atoms with van der Waals surface area (Å²) in [5, 5.41) is 0. The van der Waals surface area contributed by atoms with Crippen molar-refractivity contribution in [1.29, 1.82) is 0 Å². The van der Waals surface area contributed by atoms with Crippen molar-refractivity contribution in [1.82, 2.24) is 0 Å². The highest BCUT2D eigenvalue weighted by Crippen LogP contribution is 2.14. The van der Waals surface area contributed by atoms with E-state index in [9.17, 15) is 14.4 Å². The van der Waals surface area contributed by atoms with Crippen LogP contribution < -0.4 is 0 Å². The van der Waals surface area contributed by atoms with Crippen LogP contribution in [0.3, 0.4) is 0 Å². The molecule has 6 heteroatoms. The molecule has 1 unspecified atom stereocenters. The predicted molar refractivity (Wildman–Crippen MR) is 219 cm³/mol. The van der Waals surface area contributed by atoms with E-state index in [1.165, 1.54) is 109 Å². The Kier molecular flexibility index (Phi) is 39.5. The molecule has 6 nitrogen and oxygen atoms in total. The summed E-state index contributed by atoms with van der Waals surface area (Å²) in [6, 6.07) is 0. The van der Waals surface area contributed by atoms with Gasteiger partial charge in [-0.1, -0.05) is 179 Å². The lowest BCUT2D eigenvalue weighted by atomic mass is 10.0. The van der Waals surface area contributed by atoms with Crippen molar-refractivity contribution in [3.63, 3.8) is 0 Å². The Bertz CT molecular complexity index is 891. The van der Waals surface area contributed by atoms with Crippen LogP contribution in [0.2, 0.25) is 0 Å². The molecule has 1 atom stereocenters. The van der Waals surface area contributed by atoms with E-state index in [0.717, 1.165) is 64.2 Å². The molecule has 0 aliphatic carbocycles. The molecule has 0 amide bonds. The first-order valence-corrected chi connectivity index (χ1v) is 22.0. The average molecular weight is 731 g/mol. The van der Waals surface area contributed by atoms with Crippen molar-refractivity contribution in [2.24, 2.45) is 0 Å². The quantitative estimate of drug-likeness (QED) is 0.0206. The first-order valence-electron chi connectivity index (χ1n) is 22.0. The van der Waals surface area contributed by atoms with Gasteiger partial charge in [0.05, 0.1) is 0 Å². The van der Waals surface area contributed by atoms with Crippen molar-refractivity contribution < 1.29 is 28.6 Å². The van der Waals surface area contributed by atoms with Gasteiger partial charge in [0.1, 0.15) is 13.2 Å². The highest BCUT2D eigenvalue weighted by atomic mass is 16.6.